The zero-order chi connectivity index (χ0) is 20.7. The van der Waals surface area contributed by atoms with Crippen LogP contribution in [0.25, 0.3) is 0 Å². The van der Waals surface area contributed by atoms with Crippen molar-refractivity contribution < 1.29 is 9.59 Å². The maximum atomic E-state index is 12.9. The fourth-order valence-corrected chi connectivity index (χ4v) is 3.16. The lowest BCUT2D eigenvalue weighted by Gasteiger charge is -2.29. The predicted octanol–water partition coefficient (Wildman–Crippen LogP) is 4.35. The largest absolute Gasteiger partial charge is 0.325 e. The first-order valence-corrected chi connectivity index (χ1v) is 9.85. The Morgan fingerprint density at radius 2 is 1.75 bits per heavy atom. The molecule has 6 heteroatoms. The third-order valence-corrected chi connectivity index (χ3v) is 4.70. The number of hydrogen-bond donors (Lipinski definition) is 1. The molecule has 150 valence electrons. The standard InChI is InChI=1S/C22H28ClN3O2/c1-5-25(14-21(27)24-20-13-18(23)12-11-17(20)4)15-22(28)26(16(2)3)19-9-7-6-8-10-19/h6-13,16H,5,14-15H2,1-4H3,(H,24,27). The van der Waals surface area contributed by atoms with Crippen LogP contribution in [0.5, 0.6) is 0 Å². The molecule has 0 atom stereocenters. The van der Waals surface area contributed by atoms with Crippen molar-refractivity contribution in [1.29, 1.82) is 0 Å². The lowest BCUT2D eigenvalue weighted by Crippen LogP contribution is -2.45. The molecular weight excluding hydrogens is 374 g/mol. The summed E-state index contributed by atoms with van der Waals surface area (Å²) in [5, 5.41) is 3.45. The zero-order valence-corrected chi connectivity index (χ0v) is 17.7. The second kappa shape index (κ2) is 10.2. The fourth-order valence-electron chi connectivity index (χ4n) is 2.99. The van der Waals surface area contributed by atoms with Crippen LogP contribution >= 0.6 is 11.6 Å². The number of carbonyl (C=O) groups excluding carboxylic acids is 2. The molecule has 2 aromatic carbocycles. The lowest BCUT2D eigenvalue weighted by molar-refractivity contribution is -0.121. The summed E-state index contributed by atoms with van der Waals surface area (Å²) in [7, 11) is 0. The number of rotatable bonds is 8. The van der Waals surface area contributed by atoms with Gasteiger partial charge in [-0.15, -0.1) is 0 Å². The molecule has 0 aromatic heterocycles. The Balaban J connectivity index is 2.03. The maximum absolute atomic E-state index is 12.9. The van der Waals surface area contributed by atoms with E-state index in [9.17, 15) is 9.59 Å². The zero-order valence-electron chi connectivity index (χ0n) is 16.9. The number of carbonyl (C=O) groups is 2. The molecule has 2 rings (SSSR count). The van der Waals surface area contributed by atoms with Gasteiger partial charge in [-0.25, -0.2) is 0 Å². The maximum Gasteiger partial charge on any atom is 0.241 e. The highest BCUT2D eigenvalue weighted by molar-refractivity contribution is 6.31. The van der Waals surface area contributed by atoms with Gasteiger partial charge in [-0.2, -0.15) is 0 Å². The Bertz CT molecular complexity index is 809. The van der Waals surface area contributed by atoms with Gasteiger partial charge < -0.3 is 10.2 Å². The van der Waals surface area contributed by atoms with E-state index in [1.165, 1.54) is 0 Å². The number of nitrogens with zero attached hydrogens (tertiary/aromatic N) is 2. The van der Waals surface area contributed by atoms with Crippen molar-refractivity contribution in [2.45, 2.75) is 33.7 Å². The molecule has 0 fully saturated rings. The summed E-state index contributed by atoms with van der Waals surface area (Å²) in [5.74, 6) is -0.203. The molecule has 0 radical (unpaired) electrons. The summed E-state index contributed by atoms with van der Waals surface area (Å²) < 4.78 is 0. The monoisotopic (exact) mass is 401 g/mol. The van der Waals surface area contributed by atoms with Gasteiger partial charge in [0.05, 0.1) is 13.1 Å². The molecule has 0 saturated carbocycles. The lowest BCUT2D eigenvalue weighted by atomic mass is 10.2. The molecule has 2 aromatic rings. The number of benzene rings is 2. The summed E-state index contributed by atoms with van der Waals surface area (Å²) in [4.78, 5) is 29.0. The molecular formula is C22H28ClN3O2. The Kier molecular flexibility index (Phi) is 8.03. The van der Waals surface area contributed by atoms with Crippen molar-refractivity contribution in [1.82, 2.24) is 4.90 Å². The van der Waals surface area contributed by atoms with Crippen molar-refractivity contribution >= 4 is 34.8 Å². The molecule has 5 nitrogen and oxygen atoms in total. The minimum atomic E-state index is -0.171. The van der Waals surface area contributed by atoms with Crippen molar-refractivity contribution in [3.63, 3.8) is 0 Å². The van der Waals surface area contributed by atoms with Gasteiger partial charge in [-0.1, -0.05) is 42.8 Å². The van der Waals surface area contributed by atoms with Crippen LogP contribution in [0.15, 0.2) is 48.5 Å². The van der Waals surface area contributed by atoms with Gasteiger partial charge in [0.1, 0.15) is 0 Å². The van der Waals surface area contributed by atoms with Crippen molar-refractivity contribution in [3.05, 3.63) is 59.1 Å². The molecule has 0 saturated heterocycles. The minimum absolute atomic E-state index is 0.0246. The number of amides is 2. The van der Waals surface area contributed by atoms with Gasteiger partial charge in [0.2, 0.25) is 11.8 Å². The quantitative estimate of drug-likeness (QED) is 0.715. The summed E-state index contributed by atoms with van der Waals surface area (Å²) >= 11 is 6.01. The second-order valence-electron chi connectivity index (χ2n) is 7.00. The normalized spacial score (nSPS) is 11.0. The van der Waals surface area contributed by atoms with E-state index in [2.05, 4.69) is 5.32 Å². The molecule has 0 aliphatic carbocycles. The first kappa shape index (κ1) is 21.9. The number of nitrogens with one attached hydrogen (secondary N) is 1. The number of halogens is 1. The SMILES string of the molecule is CCN(CC(=O)Nc1cc(Cl)ccc1C)CC(=O)N(c1ccccc1)C(C)C. The molecule has 1 N–H and O–H groups in total. The average molecular weight is 402 g/mol. The van der Waals surface area contributed by atoms with E-state index in [1.807, 2.05) is 69.0 Å². The number of anilines is 2. The molecule has 0 heterocycles. The van der Waals surface area contributed by atoms with Gasteiger partial charge in [0, 0.05) is 22.4 Å². The first-order valence-electron chi connectivity index (χ1n) is 9.47. The summed E-state index contributed by atoms with van der Waals surface area (Å²) in [6, 6.07) is 15.0. The topological polar surface area (TPSA) is 52.7 Å². The van der Waals surface area contributed by atoms with Crippen LogP contribution in [-0.4, -0.2) is 42.4 Å². The van der Waals surface area contributed by atoms with Crippen LogP contribution in [-0.2, 0) is 9.59 Å². The van der Waals surface area contributed by atoms with Gasteiger partial charge >= 0.3 is 0 Å². The molecule has 0 spiro atoms. The summed E-state index contributed by atoms with van der Waals surface area (Å²) in [5.41, 5.74) is 2.48. The number of aryl methyl sites for hydroxylation is 1. The van der Waals surface area contributed by atoms with Crippen molar-refractivity contribution in [3.8, 4) is 0 Å². The summed E-state index contributed by atoms with van der Waals surface area (Å²) in [6.07, 6.45) is 0. The highest BCUT2D eigenvalue weighted by Gasteiger charge is 2.22. The van der Waals surface area contributed by atoms with E-state index in [0.717, 1.165) is 11.3 Å². The van der Waals surface area contributed by atoms with Crippen LogP contribution in [0.4, 0.5) is 11.4 Å². The fraction of sp³-hybridized carbons (Fsp3) is 0.364. The summed E-state index contributed by atoms with van der Waals surface area (Å²) in [6.45, 7) is 8.71. The van der Waals surface area contributed by atoms with E-state index in [1.54, 1.807) is 17.0 Å². The Morgan fingerprint density at radius 1 is 1.07 bits per heavy atom. The van der Waals surface area contributed by atoms with E-state index < -0.39 is 0 Å². The van der Waals surface area contributed by atoms with Gasteiger partial charge in [-0.3, -0.25) is 14.5 Å². The third-order valence-electron chi connectivity index (χ3n) is 4.47. The van der Waals surface area contributed by atoms with Crippen molar-refractivity contribution in [2.24, 2.45) is 0 Å². The highest BCUT2D eigenvalue weighted by Crippen LogP contribution is 2.20. The van der Waals surface area contributed by atoms with Crippen LogP contribution in [0.2, 0.25) is 5.02 Å². The van der Waals surface area contributed by atoms with Gasteiger partial charge in [0.25, 0.3) is 0 Å². The third kappa shape index (κ3) is 6.08. The van der Waals surface area contributed by atoms with Gasteiger partial charge in [-0.05, 0) is 57.1 Å². The number of likely N-dealkylation sites (N-methyl/N-ethyl adjacent to an activating group) is 1. The Labute approximate surface area is 172 Å². The van der Waals surface area contributed by atoms with E-state index >= 15 is 0 Å². The number of para-hydroxylation sites is 1. The Hall–Kier alpha value is -2.37. The van der Waals surface area contributed by atoms with E-state index in [4.69, 9.17) is 11.6 Å². The van der Waals surface area contributed by atoms with Crippen LogP contribution in [0.3, 0.4) is 0 Å². The molecule has 0 aliphatic heterocycles. The van der Waals surface area contributed by atoms with Gasteiger partial charge in [0.15, 0.2) is 0 Å². The van der Waals surface area contributed by atoms with Crippen molar-refractivity contribution in [2.75, 3.05) is 29.9 Å². The molecule has 0 unspecified atom stereocenters. The molecule has 2 amide bonds. The Morgan fingerprint density at radius 3 is 2.36 bits per heavy atom. The molecule has 0 bridgehead atoms. The minimum Gasteiger partial charge on any atom is -0.325 e. The molecule has 28 heavy (non-hydrogen) atoms. The highest BCUT2D eigenvalue weighted by atomic mass is 35.5. The van der Waals surface area contributed by atoms with E-state index in [0.29, 0.717) is 17.3 Å². The smallest absolute Gasteiger partial charge is 0.241 e. The van der Waals surface area contributed by atoms with E-state index in [-0.39, 0.29) is 30.9 Å². The molecule has 0 aliphatic rings. The first-order chi connectivity index (χ1) is 13.3. The number of hydrogen-bond acceptors (Lipinski definition) is 3. The predicted molar refractivity (Wildman–Crippen MR) is 116 cm³/mol. The second-order valence-corrected chi connectivity index (χ2v) is 7.44. The average Bonchev–Trinajstić information content (AvgIpc) is 2.64. The van der Waals surface area contributed by atoms with Crippen LogP contribution in [0, 0.1) is 6.92 Å². The van der Waals surface area contributed by atoms with Crippen LogP contribution < -0.4 is 10.2 Å². The van der Waals surface area contributed by atoms with Crippen LogP contribution in [0.1, 0.15) is 26.3 Å².